The van der Waals surface area contributed by atoms with Crippen LogP contribution in [0.15, 0.2) is 115 Å². The molecule has 0 fully saturated rings. The summed E-state index contributed by atoms with van der Waals surface area (Å²) in [7, 11) is 1.38. The molecule has 0 unspecified atom stereocenters. The fraction of sp³-hybridized carbons (Fsp3) is 0.138. The molecule has 4 aromatic rings. The summed E-state index contributed by atoms with van der Waals surface area (Å²) in [6.07, 6.45) is 0. The van der Waals surface area contributed by atoms with Gasteiger partial charge in [-0.05, 0) is 28.8 Å². The molecule has 0 radical (unpaired) electrons. The Kier molecular flexibility index (Phi) is 7.63. The molecule has 1 atom stereocenters. The quantitative estimate of drug-likeness (QED) is 0.246. The second-order valence-corrected chi connectivity index (χ2v) is 8.22. The van der Waals surface area contributed by atoms with E-state index in [9.17, 15) is 4.79 Å². The van der Waals surface area contributed by atoms with Crippen LogP contribution in [0.1, 0.15) is 16.7 Å². The summed E-state index contributed by atoms with van der Waals surface area (Å²) in [5, 5.41) is 4.09. The molecule has 0 amide bonds. The molecule has 4 nitrogen and oxygen atoms in total. The number of esters is 1. The molecule has 0 saturated heterocycles. The molecular formula is C29H26ClNO3. The Balaban J connectivity index is 1.83. The van der Waals surface area contributed by atoms with E-state index in [1.165, 1.54) is 7.11 Å². The lowest BCUT2D eigenvalue weighted by Crippen LogP contribution is -2.55. The second-order valence-electron chi connectivity index (χ2n) is 7.81. The highest BCUT2D eigenvalue weighted by molar-refractivity contribution is 6.32. The number of carbonyl (C=O) groups is 1. The van der Waals surface area contributed by atoms with E-state index >= 15 is 0 Å². The smallest absolute Gasteiger partial charge is 0.326 e. The third-order valence-corrected chi connectivity index (χ3v) is 6.05. The first-order valence-electron chi connectivity index (χ1n) is 11.0. The Morgan fingerprint density at radius 3 is 1.65 bits per heavy atom. The molecule has 0 aliphatic heterocycles. The van der Waals surface area contributed by atoms with E-state index in [1.54, 1.807) is 12.1 Å². The summed E-state index contributed by atoms with van der Waals surface area (Å²) in [6, 6.07) is 36.6. The van der Waals surface area contributed by atoms with Crippen LogP contribution in [0.25, 0.3) is 0 Å². The molecule has 34 heavy (non-hydrogen) atoms. The van der Waals surface area contributed by atoms with Gasteiger partial charge in [-0.2, -0.15) is 0 Å². The lowest BCUT2D eigenvalue weighted by atomic mass is 9.76. The Morgan fingerprint density at radius 2 is 1.21 bits per heavy atom. The van der Waals surface area contributed by atoms with E-state index in [1.807, 2.05) is 66.7 Å². The van der Waals surface area contributed by atoms with Crippen LogP contribution in [-0.4, -0.2) is 25.7 Å². The third-order valence-electron chi connectivity index (χ3n) is 5.74. The van der Waals surface area contributed by atoms with Crippen molar-refractivity contribution in [2.75, 3.05) is 13.7 Å². The number of halogens is 1. The molecule has 5 heteroatoms. The van der Waals surface area contributed by atoms with Crippen LogP contribution in [0, 0.1) is 0 Å². The van der Waals surface area contributed by atoms with Crippen LogP contribution in [0.3, 0.4) is 0 Å². The van der Waals surface area contributed by atoms with E-state index in [2.05, 4.69) is 41.7 Å². The maximum atomic E-state index is 13.0. The maximum absolute atomic E-state index is 13.0. The zero-order chi connectivity index (χ0) is 23.8. The minimum Gasteiger partial charge on any atom is -0.490 e. The van der Waals surface area contributed by atoms with E-state index < -0.39 is 17.6 Å². The molecule has 0 spiro atoms. The first-order chi connectivity index (χ1) is 16.6. The Labute approximate surface area is 205 Å². The van der Waals surface area contributed by atoms with Gasteiger partial charge in [0.2, 0.25) is 0 Å². The number of methoxy groups -OCH3 is 1. The van der Waals surface area contributed by atoms with E-state index in [4.69, 9.17) is 21.1 Å². The summed E-state index contributed by atoms with van der Waals surface area (Å²) in [5.74, 6) is 0.0730. The van der Waals surface area contributed by atoms with Crippen molar-refractivity contribution in [1.29, 1.82) is 0 Å². The van der Waals surface area contributed by atoms with Gasteiger partial charge in [-0.25, -0.2) is 0 Å². The van der Waals surface area contributed by atoms with Crippen molar-refractivity contribution in [3.63, 3.8) is 0 Å². The van der Waals surface area contributed by atoms with Crippen molar-refractivity contribution >= 4 is 17.6 Å². The van der Waals surface area contributed by atoms with Gasteiger partial charge in [0.25, 0.3) is 0 Å². The zero-order valence-corrected chi connectivity index (χ0v) is 19.6. The van der Waals surface area contributed by atoms with Crippen molar-refractivity contribution < 1.29 is 14.3 Å². The summed E-state index contributed by atoms with van der Waals surface area (Å²) < 4.78 is 11.2. The molecule has 172 valence electrons. The summed E-state index contributed by atoms with van der Waals surface area (Å²) in [6.45, 7) is 0.0324. The fourth-order valence-corrected chi connectivity index (χ4v) is 4.31. The second kappa shape index (κ2) is 11.0. The largest absolute Gasteiger partial charge is 0.490 e. The van der Waals surface area contributed by atoms with Crippen LogP contribution < -0.4 is 10.1 Å². The van der Waals surface area contributed by atoms with Crippen LogP contribution in [-0.2, 0) is 15.1 Å². The van der Waals surface area contributed by atoms with Gasteiger partial charge in [-0.15, -0.1) is 0 Å². The van der Waals surface area contributed by atoms with E-state index in [0.717, 1.165) is 16.7 Å². The summed E-state index contributed by atoms with van der Waals surface area (Å²) >= 11 is 6.28. The Bertz CT molecular complexity index is 1100. The van der Waals surface area contributed by atoms with Crippen LogP contribution >= 0.6 is 11.6 Å². The molecule has 1 N–H and O–H groups in total. The van der Waals surface area contributed by atoms with Gasteiger partial charge in [0.05, 0.1) is 17.7 Å². The molecular weight excluding hydrogens is 446 g/mol. The monoisotopic (exact) mass is 471 g/mol. The molecule has 0 heterocycles. The lowest BCUT2D eigenvalue weighted by Gasteiger charge is -2.39. The topological polar surface area (TPSA) is 47.6 Å². The number of nitrogens with one attached hydrogen (secondary N) is 1. The first-order valence-corrected chi connectivity index (χ1v) is 11.4. The van der Waals surface area contributed by atoms with Gasteiger partial charge >= 0.3 is 5.97 Å². The molecule has 0 saturated carbocycles. The van der Waals surface area contributed by atoms with Gasteiger partial charge in [-0.1, -0.05) is 115 Å². The third kappa shape index (κ3) is 4.98. The SMILES string of the molecule is COC(=O)[C@@H](COc1ccccc1Cl)NC(c1ccccc1)(c1ccccc1)c1ccccc1. The number of rotatable bonds is 9. The molecule has 0 aliphatic carbocycles. The lowest BCUT2D eigenvalue weighted by molar-refractivity contribution is -0.144. The Hall–Kier alpha value is -3.60. The molecule has 0 aromatic heterocycles. The van der Waals surface area contributed by atoms with Gasteiger partial charge in [-0.3, -0.25) is 10.1 Å². The minimum absolute atomic E-state index is 0.0324. The average molecular weight is 472 g/mol. The molecule has 4 aromatic carbocycles. The normalized spacial score (nSPS) is 12.1. The number of ether oxygens (including phenoxy) is 2. The minimum atomic E-state index is -0.841. The van der Waals surface area contributed by atoms with Gasteiger partial charge in [0, 0.05) is 0 Å². The molecule has 0 bridgehead atoms. The number of benzene rings is 4. The Morgan fingerprint density at radius 1 is 0.765 bits per heavy atom. The maximum Gasteiger partial charge on any atom is 0.326 e. The highest BCUT2D eigenvalue weighted by Gasteiger charge is 2.40. The number of carbonyl (C=O) groups excluding carboxylic acids is 1. The highest BCUT2D eigenvalue weighted by atomic mass is 35.5. The fourth-order valence-electron chi connectivity index (χ4n) is 4.12. The summed E-state index contributed by atoms with van der Waals surface area (Å²) in [5.41, 5.74) is 2.11. The molecule has 0 aliphatic rings. The van der Waals surface area contributed by atoms with Crippen molar-refractivity contribution in [3.8, 4) is 5.75 Å². The average Bonchev–Trinajstić information content (AvgIpc) is 2.91. The van der Waals surface area contributed by atoms with Crippen molar-refractivity contribution in [2.24, 2.45) is 0 Å². The van der Waals surface area contributed by atoms with Crippen molar-refractivity contribution in [2.45, 2.75) is 11.6 Å². The van der Waals surface area contributed by atoms with Gasteiger partial charge < -0.3 is 9.47 Å². The number of hydrogen-bond acceptors (Lipinski definition) is 4. The predicted octanol–water partition coefficient (Wildman–Crippen LogP) is 5.84. The zero-order valence-electron chi connectivity index (χ0n) is 18.9. The van der Waals surface area contributed by atoms with Crippen LogP contribution in [0.2, 0.25) is 5.02 Å². The highest BCUT2D eigenvalue weighted by Crippen LogP contribution is 2.37. The summed E-state index contributed by atoms with van der Waals surface area (Å²) in [4.78, 5) is 13.0. The molecule has 4 rings (SSSR count). The van der Waals surface area contributed by atoms with E-state index in [-0.39, 0.29) is 6.61 Å². The van der Waals surface area contributed by atoms with Crippen molar-refractivity contribution in [3.05, 3.63) is 137 Å². The first kappa shape index (κ1) is 23.6. The standard InChI is InChI=1S/C29H26ClNO3/c1-33-28(32)26(21-34-27-20-12-11-19-25(27)30)31-29(22-13-5-2-6-14-22,23-15-7-3-8-16-23)24-17-9-4-10-18-24/h2-20,26,31H,21H2,1H3/t26-/m1/s1. The van der Waals surface area contributed by atoms with Crippen LogP contribution in [0.4, 0.5) is 0 Å². The number of hydrogen-bond donors (Lipinski definition) is 1. The van der Waals surface area contributed by atoms with Crippen molar-refractivity contribution in [1.82, 2.24) is 5.32 Å². The number of para-hydroxylation sites is 1. The van der Waals surface area contributed by atoms with Crippen LogP contribution in [0.5, 0.6) is 5.75 Å². The van der Waals surface area contributed by atoms with Gasteiger partial charge in [0.15, 0.2) is 0 Å². The van der Waals surface area contributed by atoms with E-state index in [0.29, 0.717) is 10.8 Å². The predicted molar refractivity (Wildman–Crippen MR) is 135 cm³/mol. The van der Waals surface area contributed by atoms with Gasteiger partial charge in [0.1, 0.15) is 18.4 Å².